The van der Waals surface area contributed by atoms with Crippen LogP contribution in [-0.4, -0.2) is 23.7 Å². The molecule has 0 aliphatic carbocycles. The Balaban J connectivity index is 2.69. The second kappa shape index (κ2) is 5.67. The first-order chi connectivity index (χ1) is 7.90. The van der Waals surface area contributed by atoms with Crippen molar-refractivity contribution in [1.29, 1.82) is 0 Å². The molecule has 6 heteroatoms. The van der Waals surface area contributed by atoms with E-state index in [4.69, 9.17) is 5.11 Å². The summed E-state index contributed by atoms with van der Waals surface area (Å²) in [5, 5.41) is 13.2. The fourth-order valence-corrected chi connectivity index (χ4v) is 1.58. The number of carboxylic acids is 1. The van der Waals surface area contributed by atoms with Crippen LogP contribution in [0.5, 0.6) is 0 Å². The molecule has 1 rings (SSSR count). The Bertz CT molecular complexity index is 437. The Kier molecular flexibility index (Phi) is 4.51. The Morgan fingerprint density at radius 2 is 1.82 bits per heavy atom. The van der Waals surface area contributed by atoms with Crippen LogP contribution in [0.15, 0.2) is 16.6 Å². The van der Waals surface area contributed by atoms with Crippen molar-refractivity contribution in [3.8, 4) is 0 Å². The summed E-state index contributed by atoms with van der Waals surface area (Å²) in [7, 11) is 0. The van der Waals surface area contributed by atoms with Gasteiger partial charge in [0.1, 0.15) is 6.54 Å². The van der Waals surface area contributed by atoms with Crippen LogP contribution in [0.4, 0.5) is 10.5 Å². The molecule has 17 heavy (non-hydrogen) atoms. The first kappa shape index (κ1) is 13.5. The predicted molar refractivity (Wildman–Crippen MR) is 68.3 cm³/mol. The van der Waals surface area contributed by atoms with Crippen molar-refractivity contribution in [2.24, 2.45) is 0 Å². The normalized spacial score (nSPS) is 9.82. The van der Waals surface area contributed by atoms with Crippen molar-refractivity contribution in [3.63, 3.8) is 0 Å². The van der Waals surface area contributed by atoms with Gasteiger partial charge in [-0.1, -0.05) is 15.9 Å². The third-order valence-corrected chi connectivity index (χ3v) is 3.35. The van der Waals surface area contributed by atoms with Crippen molar-refractivity contribution in [3.05, 3.63) is 27.7 Å². The summed E-state index contributed by atoms with van der Waals surface area (Å²) in [6.45, 7) is 3.43. The Morgan fingerprint density at radius 3 is 2.29 bits per heavy atom. The van der Waals surface area contributed by atoms with Crippen LogP contribution in [0, 0.1) is 13.8 Å². The van der Waals surface area contributed by atoms with Crippen molar-refractivity contribution in [1.82, 2.24) is 5.32 Å². The zero-order valence-corrected chi connectivity index (χ0v) is 11.1. The van der Waals surface area contributed by atoms with Gasteiger partial charge in [-0.05, 0) is 37.1 Å². The summed E-state index contributed by atoms with van der Waals surface area (Å²) in [6, 6.07) is 3.07. The van der Waals surface area contributed by atoms with E-state index in [0.29, 0.717) is 5.69 Å². The van der Waals surface area contributed by atoms with Gasteiger partial charge in [0.05, 0.1) is 0 Å². The fourth-order valence-electron chi connectivity index (χ4n) is 1.35. The van der Waals surface area contributed by atoms with Crippen molar-refractivity contribution in [2.45, 2.75) is 13.8 Å². The monoisotopic (exact) mass is 300 g/mol. The Labute approximate surface area is 107 Å². The predicted octanol–water partition coefficient (Wildman–Crippen LogP) is 2.27. The number of hydrogen-bond donors (Lipinski definition) is 3. The van der Waals surface area contributed by atoms with E-state index in [0.717, 1.165) is 15.6 Å². The molecular weight excluding hydrogens is 288 g/mol. The number of aliphatic carboxylic acids is 1. The molecule has 0 fully saturated rings. The maximum Gasteiger partial charge on any atom is 0.323 e. The first-order valence-electron chi connectivity index (χ1n) is 4.93. The van der Waals surface area contributed by atoms with E-state index in [1.165, 1.54) is 0 Å². The van der Waals surface area contributed by atoms with Crippen LogP contribution in [0.3, 0.4) is 0 Å². The molecule has 1 aromatic rings. The molecule has 5 nitrogen and oxygen atoms in total. The molecule has 0 aliphatic heterocycles. The minimum absolute atomic E-state index is 0.402. The lowest BCUT2D eigenvalue weighted by molar-refractivity contribution is -0.135. The highest BCUT2D eigenvalue weighted by atomic mass is 79.9. The van der Waals surface area contributed by atoms with Gasteiger partial charge < -0.3 is 15.7 Å². The first-order valence-corrected chi connectivity index (χ1v) is 5.73. The van der Waals surface area contributed by atoms with Crippen LogP contribution in [0.2, 0.25) is 0 Å². The third kappa shape index (κ3) is 4.07. The van der Waals surface area contributed by atoms with E-state index in [1.54, 1.807) is 12.1 Å². The summed E-state index contributed by atoms with van der Waals surface area (Å²) in [5.41, 5.74) is 2.63. The molecular formula is C11H13BrN2O3. The second-order valence-corrected chi connectivity index (χ2v) is 4.42. The quantitative estimate of drug-likeness (QED) is 0.801. The topological polar surface area (TPSA) is 78.4 Å². The van der Waals surface area contributed by atoms with Crippen molar-refractivity contribution < 1.29 is 14.7 Å². The Hall–Kier alpha value is -1.56. The largest absolute Gasteiger partial charge is 0.480 e. The zero-order chi connectivity index (χ0) is 13.0. The van der Waals surface area contributed by atoms with Crippen LogP contribution < -0.4 is 10.6 Å². The lowest BCUT2D eigenvalue weighted by Gasteiger charge is -2.09. The molecule has 0 aliphatic rings. The van der Waals surface area contributed by atoms with E-state index < -0.39 is 18.5 Å². The van der Waals surface area contributed by atoms with Crippen LogP contribution in [0.1, 0.15) is 11.1 Å². The number of benzene rings is 1. The fraction of sp³-hybridized carbons (Fsp3) is 0.273. The summed E-state index contributed by atoms with van der Waals surface area (Å²) >= 11 is 3.42. The summed E-state index contributed by atoms with van der Waals surface area (Å²) in [5.74, 6) is -1.08. The summed E-state index contributed by atoms with van der Waals surface area (Å²) < 4.78 is 0.994. The second-order valence-electron chi connectivity index (χ2n) is 3.63. The minimum Gasteiger partial charge on any atom is -0.480 e. The van der Waals surface area contributed by atoms with Crippen LogP contribution >= 0.6 is 15.9 Å². The standard InChI is InChI=1S/C11H13BrN2O3/c1-6-3-8(4-7(2)10(6)12)14-11(17)13-5-9(15)16/h3-4H,5H2,1-2H3,(H,15,16)(H2,13,14,17). The number of amides is 2. The number of urea groups is 1. The third-order valence-electron chi connectivity index (χ3n) is 2.09. The van der Waals surface area contributed by atoms with Crippen molar-refractivity contribution in [2.75, 3.05) is 11.9 Å². The maximum absolute atomic E-state index is 11.3. The molecule has 0 spiro atoms. The maximum atomic E-state index is 11.3. The molecule has 2 amide bonds. The van der Waals surface area contributed by atoms with Crippen LogP contribution in [0.25, 0.3) is 0 Å². The van der Waals surface area contributed by atoms with Gasteiger partial charge in [-0.3, -0.25) is 4.79 Å². The number of nitrogens with one attached hydrogen (secondary N) is 2. The molecule has 0 atom stereocenters. The molecule has 1 aromatic carbocycles. The zero-order valence-electron chi connectivity index (χ0n) is 9.50. The summed E-state index contributed by atoms with van der Waals surface area (Å²) in [6.07, 6.45) is 0. The van der Waals surface area contributed by atoms with Gasteiger partial charge in [0.15, 0.2) is 0 Å². The van der Waals surface area contributed by atoms with E-state index in [2.05, 4.69) is 26.6 Å². The van der Waals surface area contributed by atoms with E-state index >= 15 is 0 Å². The van der Waals surface area contributed by atoms with Crippen molar-refractivity contribution >= 4 is 33.6 Å². The van der Waals surface area contributed by atoms with Gasteiger partial charge in [0, 0.05) is 10.2 Å². The molecule has 0 unspecified atom stereocenters. The molecule has 3 N–H and O–H groups in total. The smallest absolute Gasteiger partial charge is 0.323 e. The number of hydrogen-bond acceptors (Lipinski definition) is 2. The lowest BCUT2D eigenvalue weighted by Crippen LogP contribution is -2.33. The van der Waals surface area contributed by atoms with Gasteiger partial charge in [-0.25, -0.2) is 4.79 Å². The number of carbonyl (C=O) groups is 2. The molecule has 0 aromatic heterocycles. The average molecular weight is 301 g/mol. The van der Waals surface area contributed by atoms with Gasteiger partial charge in [-0.2, -0.15) is 0 Å². The highest BCUT2D eigenvalue weighted by molar-refractivity contribution is 9.10. The van der Waals surface area contributed by atoms with Crippen LogP contribution in [-0.2, 0) is 4.79 Å². The number of carbonyl (C=O) groups excluding carboxylic acids is 1. The molecule has 0 bridgehead atoms. The number of rotatable bonds is 3. The number of carboxylic acid groups (broad SMARTS) is 1. The van der Waals surface area contributed by atoms with Gasteiger partial charge in [0.2, 0.25) is 0 Å². The number of anilines is 1. The van der Waals surface area contributed by atoms with E-state index in [-0.39, 0.29) is 0 Å². The molecule has 92 valence electrons. The van der Waals surface area contributed by atoms with Gasteiger partial charge in [-0.15, -0.1) is 0 Å². The van der Waals surface area contributed by atoms with E-state index in [1.807, 2.05) is 13.8 Å². The molecule has 0 heterocycles. The summed E-state index contributed by atoms with van der Waals surface area (Å²) in [4.78, 5) is 21.6. The molecule has 0 saturated carbocycles. The average Bonchev–Trinajstić information content (AvgIpc) is 2.23. The minimum atomic E-state index is -1.08. The van der Waals surface area contributed by atoms with Gasteiger partial charge >= 0.3 is 12.0 Å². The van der Waals surface area contributed by atoms with Gasteiger partial charge in [0.25, 0.3) is 0 Å². The SMILES string of the molecule is Cc1cc(NC(=O)NCC(=O)O)cc(C)c1Br. The number of aryl methyl sites for hydroxylation is 2. The number of halogens is 1. The Morgan fingerprint density at radius 1 is 1.29 bits per heavy atom. The molecule has 0 saturated heterocycles. The van der Waals surface area contributed by atoms with E-state index in [9.17, 15) is 9.59 Å². The highest BCUT2D eigenvalue weighted by Gasteiger charge is 2.06. The lowest BCUT2D eigenvalue weighted by atomic mass is 10.1. The molecule has 0 radical (unpaired) electrons. The highest BCUT2D eigenvalue weighted by Crippen LogP contribution is 2.24.